The summed E-state index contributed by atoms with van der Waals surface area (Å²) in [4.78, 5) is 17.7. The van der Waals surface area contributed by atoms with E-state index in [0.717, 1.165) is 25.9 Å². The topological polar surface area (TPSA) is 53.4 Å². The van der Waals surface area contributed by atoms with Crippen LogP contribution in [0.2, 0.25) is 0 Å². The van der Waals surface area contributed by atoms with Crippen LogP contribution in [0.25, 0.3) is 0 Å². The minimum Gasteiger partial charge on any atom is -0.480 e. The fourth-order valence-electron chi connectivity index (χ4n) is 3.79. The number of hydrogen-bond donors (Lipinski definition) is 1. The average Bonchev–Trinajstić information content (AvgIpc) is 2.96. The first kappa shape index (κ1) is 12.6. The highest BCUT2D eigenvalue weighted by Gasteiger charge is 2.47. The van der Waals surface area contributed by atoms with Gasteiger partial charge in [-0.05, 0) is 48.8 Å². The lowest BCUT2D eigenvalue weighted by Crippen LogP contribution is -2.40. The molecule has 102 valence electrons. The molecule has 2 aliphatic rings. The Balaban J connectivity index is 1.65. The van der Waals surface area contributed by atoms with Crippen molar-refractivity contribution in [3.63, 3.8) is 0 Å². The fourth-order valence-corrected chi connectivity index (χ4v) is 3.79. The number of fused-ring (bicyclic) bond motifs is 1. The molecule has 0 aromatic carbocycles. The van der Waals surface area contributed by atoms with E-state index in [1.165, 1.54) is 18.4 Å². The maximum Gasteiger partial charge on any atom is 0.321 e. The predicted molar refractivity (Wildman–Crippen MR) is 71.8 cm³/mol. The van der Waals surface area contributed by atoms with Crippen molar-refractivity contribution in [2.24, 2.45) is 11.8 Å². The highest BCUT2D eigenvalue weighted by molar-refractivity contribution is 5.74. The Morgan fingerprint density at radius 1 is 1.37 bits per heavy atom. The first-order chi connectivity index (χ1) is 9.25. The lowest BCUT2D eigenvalue weighted by Gasteiger charge is -2.24. The largest absolute Gasteiger partial charge is 0.480 e. The third kappa shape index (κ3) is 2.50. The molecule has 4 heteroatoms. The molecule has 2 heterocycles. The highest BCUT2D eigenvalue weighted by atomic mass is 16.4. The molecule has 3 rings (SSSR count). The fraction of sp³-hybridized carbons (Fsp3) is 0.600. The molecule has 0 spiro atoms. The third-order valence-electron chi connectivity index (χ3n) is 4.68. The van der Waals surface area contributed by atoms with Crippen molar-refractivity contribution < 1.29 is 9.90 Å². The summed E-state index contributed by atoms with van der Waals surface area (Å²) in [6.45, 7) is 1.81. The van der Waals surface area contributed by atoms with Gasteiger partial charge in [0.25, 0.3) is 0 Å². The van der Waals surface area contributed by atoms with E-state index in [2.05, 4.69) is 9.88 Å². The summed E-state index contributed by atoms with van der Waals surface area (Å²) in [5.74, 6) is 0.359. The van der Waals surface area contributed by atoms with Crippen LogP contribution in [0.5, 0.6) is 0 Å². The first-order valence-corrected chi connectivity index (χ1v) is 7.11. The van der Waals surface area contributed by atoms with E-state index in [0.29, 0.717) is 11.8 Å². The Morgan fingerprint density at radius 2 is 2.16 bits per heavy atom. The summed E-state index contributed by atoms with van der Waals surface area (Å²) < 4.78 is 0. The van der Waals surface area contributed by atoms with Gasteiger partial charge in [0.15, 0.2) is 0 Å². The van der Waals surface area contributed by atoms with E-state index in [-0.39, 0.29) is 6.04 Å². The molecule has 19 heavy (non-hydrogen) atoms. The monoisotopic (exact) mass is 260 g/mol. The Hall–Kier alpha value is -1.42. The molecule has 4 nitrogen and oxygen atoms in total. The highest BCUT2D eigenvalue weighted by Crippen LogP contribution is 2.42. The van der Waals surface area contributed by atoms with Crippen LogP contribution in [-0.2, 0) is 11.2 Å². The molecule has 3 atom stereocenters. The summed E-state index contributed by atoms with van der Waals surface area (Å²) in [5, 5.41) is 9.48. The molecule has 1 saturated carbocycles. The van der Waals surface area contributed by atoms with Crippen molar-refractivity contribution >= 4 is 5.97 Å². The summed E-state index contributed by atoms with van der Waals surface area (Å²) in [6, 6.07) is 3.76. The Morgan fingerprint density at radius 3 is 2.89 bits per heavy atom. The molecular formula is C15H20N2O2. The molecule has 1 aromatic rings. The standard InChI is InChI=1S/C15H20N2O2/c18-15(19)14-13-3-1-2-12(13)10-17(14)9-6-11-4-7-16-8-5-11/h4-5,7-8,12-14H,1-3,6,9-10H2,(H,18,19). The number of nitrogens with zero attached hydrogens (tertiary/aromatic N) is 2. The van der Waals surface area contributed by atoms with Gasteiger partial charge in [0.2, 0.25) is 0 Å². The zero-order valence-corrected chi connectivity index (χ0v) is 11.0. The van der Waals surface area contributed by atoms with E-state index in [1.54, 1.807) is 12.4 Å². The second-order valence-electron chi connectivity index (χ2n) is 5.74. The summed E-state index contributed by atoms with van der Waals surface area (Å²) in [7, 11) is 0. The van der Waals surface area contributed by atoms with Gasteiger partial charge in [-0.15, -0.1) is 0 Å². The third-order valence-corrected chi connectivity index (χ3v) is 4.68. The molecule has 3 unspecified atom stereocenters. The summed E-state index contributed by atoms with van der Waals surface area (Å²) >= 11 is 0. The van der Waals surface area contributed by atoms with Gasteiger partial charge < -0.3 is 5.11 Å². The van der Waals surface area contributed by atoms with Crippen molar-refractivity contribution in [1.29, 1.82) is 0 Å². The van der Waals surface area contributed by atoms with Crippen LogP contribution in [0.15, 0.2) is 24.5 Å². The molecular weight excluding hydrogens is 240 g/mol. The smallest absolute Gasteiger partial charge is 0.321 e. The van der Waals surface area contributed by atoms with Gasteiger partial charge in [-0.1, -0.05) is 6.42 Å². The van der Waals surface area contributed by atoms with Crippen LogP contribution in [0.4, 0.5) is 0 Å². The van der Waals surface area contributed by atoms with E-state index < -0.39 is 5.97 Å². The lowest BCUT2D eigenvalue weighted by atomic mass is 9.94. The molecule has 0 bridgehead atoms. The molecule has 1 saturated heterocycles. The van der Waals surface area contributed by atoms with Crippen molar-refractivity contribution in [2.75, 3.05) is 13.1 Å². The number of carboxylic acids is 1. The molecule has 1 aliphatic heterocycles. The van der Waals surface area contributed by atoms with Crippen LogP contribution in [-0.4, -0.2) is 40.1 Å². The summed E-state index contributed by atoms with van der Waals surface area (Å²) in [5.41, 5.74) is 1.23. The first-order valence-electron chi connectivity index (χ1n) is 7.11. The zero-order valence-electron chi connectivity index (χ0n) is 11.0. The zero-order chi connectivity index (χ0) is 13.2. The maximum absolute atomic E-state index is 11.5. The molecule has 0 amide bonds. The number of pyridine rings is 1. The van der Waals surface area contributed by atoms with Crippen LogP contribution in [0, 0.1) is 11.8 Å². The normalized spacial score (nSPS) is 30.4. The average molecular weight is 260 g/mol. The molecule has 2 fully saturated rings. The van der Waals surface area contributed by atoms with Crippen LogP contribution < -0.4 is 0 Å². The maximum atomic E-state index is 11.5. The van der Waals surface area contributed by atoms with Gasteiger partial charge in [-0.3, -0.25) is 14.7 Å². The van der Waals surface area contributed by atoms with Crippen LogP contribution >= 0.6 is 0 Å². The Kier molecular flexibility index (Phi) is 3.51. The number of carbonyl (C=O) groups is 1. The van der Waals surface area contributed by atoms with E-state index in [4.69, 9.17) is 0 Å². The Labute approximate surface area is 113 Å². The number of carboxylic acid groups (broad SMARTS) is 1. The van der Waals surface area contributed by atoms with Gasteiger partial charge in [-0.25, -0.2) is 0 Å². The van der Waals surface area contributed by atoms with Gasteiger partial charge in [0.1, 0.15) is 6.04 Å². The second kappa shape index (κ2) is 5.29. The molecule has 0 radical (unpaired) electrons. The van der Waals surface area contributed by atoms with Gasteiger partial charge >= 0.3 is 5.97 Å². The number of rotatable bonds is 4. The summed E-state index contributed by atoms with van der Waals surface area (Å²) in [6.07, 6.45) is 8.00. The minimum atomic E-state index is -0.635. The second-order valence-corrected chi connectivity index (χ2v) is 5.74. The van der Waals surface area contributed by atoms with Crippen LogP contribution in [0.3, 0.4) is 0 Å². The van der Waals surface area contributed by atoms with Crippen molar-refractivity contribution in [3.05, 3.63) is 30.1 Å². The predicted octanol–water partition coefficient (Wildman–Crippen LogP) is 1.81. The van der Waals surface area contributed by atoms with E-state index >= 15 is 0 Å². The van der Waals surface area contributed by atoms with Crippen molar-refractivity contribution in [3.8, 4) is 0 Å². The molecule has 1 aliphatic carbocycles. The number of aliphatic carboxylic acids is 1. The quantitative estimate of drug-likeness (QED) is 0.897. The molecule has 1 aromatic heterocycles. The SMILES string of the molecule is O=C(O)C1C2CCCC2CN1CCc1ccncc1. The number of aromatic nitrogens is 1. The minimum absolute atomic E-state index is 0.255. The lowest BCUT2D eigenvalue weighted by molar-refractivity contribution is -0.143. The van der Waals surface area contributed by atoms with Crippen molar-refractivity contribution in [1.82, 2.24) is 9.88 Å². The van der Waals surface area contributed by atoms with Crippen LogP contribution in [0.1, 0.15) is 24.8 Å². The molecule has 1 N–H and O–H groups in total. The van der Waals surface area contributed by atoms with Crippen molar-refractivity contribution in [2.45, 2.75) is 31.7 Å². The van der Waals surface area contributed by atoms with Gasteiger partial charge in [-0.2, -0.15) is 0 Å². The van der Waals surface area contributed by atoms with Gasteiger partial charge in [0, 0.05) is 25.5 Å². The van der Waals surface area contributed by atoms with E-state index in [9.17, 15) is 9.90 Å². The Bertz CT molecular complexity index is 449. The number of likely N-dealkylation sites (tertiary alicyclic amines) is 1. The number of hydrogen-bond acceptors (Lipinski definition) is 3. The van der Waals surface area contributed by atoms with Gasteiger partial charge in [0.05, 0.1) is 0 Å². The van der Waals surface area contributed by atoms with E-state index in [1.807, 2.05) is 12.1 Å².